The highest BCUT2D eigenvalue weighted by Gasteiger charge is 2.15. The third-order valence-corrected chi connectivity index (χ3v) is 3.70. The molecule has 29 heavy (non-hydrogen) atoms. The molecular formula is C19H19N3O7. The topological polar surface area (TPSA) is 129 Å². The summed E-state index contributed by atoms with van der Waals surface area (Å²) in [6.07, 6.45) is 1.20. The van der Waals surface area contributed by atoms with Gasteiger partial charge in [0.25, 0.3) is 5.69 Å². The maximum absolute atomic E-state index is 12.0. The first-order valence-electron chi connectivity index (χ1n) is 8.36. The Hall–Kier alpha value is -3.95. The molecule has 0 radical (unpaired) electrons. The minimum atomic E-state index is -0.540. The minimum absolute atomic E-state index is 0.126. The molecule has 10 heteroatoms. The molecule has 1 amide bonds. The summed E-state index contributed by atoms with van der Waals surface area (Å²) in [5.41, 5.74) is 3.08. The van der Waals surface area contributed by atoms with Gasteiger partial charge in [-0.25, -0.2) is 10.2 Å². The van der Waals surface area contributed by atoms with E-state index in [9.17, 15) is 19.7 Å². The summed E-state index contributed by atoms with van der Waals surface area (Å²) in [5.74, 6) is -0.320. The Morgan fingerprint density at radius 3 is 2.62 bits per heavy atom. The van der Waals surface area contributed by atoms with E-state index in [1.165, 1.54) is 38.6 Å². The minimum Gasteiger partial charge on any atom is -0.493 e. The molecule has 2 aromatic rings. The highest BCUT2D eigenvalue weighted by Crippen LogP contribution is 2.27. The van der Waals surface area contributed by atoms with Crippen LogP contribution in [0.5, 0.6) is 11.5 Å². The van der Waals surface area contributed by atoms with Gasteiger partial charge in [-0.2, -0.15) is 5.10 Å². The van der Waals surface area contributed by atoms with Gasteiger partial charge < -0.3 is 14.2 Å². The summed E-state index contributed by atoms with van der Waals surface area (Å²) in [5, 5.41) is 14.8. The van der Waals surface area contributed by atoms with Gasteiger partial charge in [0.1, 0.15) is 0 Å². The molecule has 2 rings (SSSR count). The Labute approximate surface area is 166 Å². The predicted molar refractivity (Wildman–Crippen MR) is 103 cm³/mol. The molecule has 0 atom stereocenters. The first kappa shape index (κ1) is 21.4. The van der Waals surface area contributed by atoms with Crippen molar-refractivity contribution in [3.63, 3.8) is 0 Å². The summed E-state index contributed by atoms with van der Waals surface area (Å²) in [6, 6.07) is 10.8. The van der Waals surface area contributed by atoms with Crippen LogP contribution in [0.2, 0.25) is 0 Å². The smallest absolute Gasteiger partial charge is 0.343 e. The Kier molecular flexibility index (Phi) is 7.66. The number of nitrogens with zero attached hydrogens (tertiary/aromatic N) is 2. The maximum atomic E-state index is 12.0. The number of nitrogens with one attached hydrogen (secondary N) is 1. The number of nitro benzene ring substituents is 1. The lowest BCUT2D eigenvalue weighted by atomic mass is 10.1. The quantitative estimate of drug-likeness (QED) is 0.294. The fourth-order valence-corrected chi connectivity index (χ4v) is 2.31. The molecule has 0 aliphatic rings. The van der Waals surface area contributed by atoms with Crippen LogP contribution < -0.4 is 14.9 Å². The largest absolute Gasteiger partial charge is 0.493 e. The van der Waals surface area contributed by atoms with Crippen LogP contribution in [-0.2, 0) is 20.7 Å². The fourth-order valence-electron chi connectivity index (χ4n) is 2.31. The molecule has 0 saturated heterocycles. The molecule has 10 nitrogen and oxygen atoms in total. The molecule has 0 spiro atoms. The van der Waals surface area contributed by atoms with Crippen molar-refractivity contribution in [2.75, 3.05) is 20.8 Å². The zero-order chi connectivity index (χ0) is 21.2. The first-order valence-corrected chi connectivity index (χ1v) is 8.36. The molecule has 0 unspecified atom stereocenters. The highest BCUT2D eigenvalue weighted by molar-refractivity contribution is 5.84. The van der Waals surface area contributed by atoms with Crippen molar-refractivity contribution in [3.8, 4) is 11.5 Å². The van der Waals surface area contributed by atoms with Gasteiger partial charge in [0.05, 0.1) is 31.8 Å². The van der Waals surface area contributed by atoms with Crippen LogP contribution in [0.25, 0.3) is 0 Å². The van der Waals surface area contributed by atoms with E-state index in [0.717, 1.165) is 0 Å². The standard InChI is InChI=1S/C19H19N3O7/c1-27-17-9-13(7-8-16(17)29-12-19(24)28-2)11-20-21-18(23)10-14-5-3-4-6-15(14)22(25)26/h3-9,11H,10,12H2,1-2H3,(H,21,23). The van der Waals surface area contributed by atoms with Crippen LogP contribution in [0.15, 0.2) is 47.6 Å². The van der Waals surface area contributed by atoms with Gasteiger partial charge in [-0.3, -0.25) is 14.9 Å². The number of hydrogen-bond acceptors (Lipinski definition) is 8. The molecule has 2 aromatic carbocycles. The number of hydrazone groups is 1. The Bertz CT molecular complexity index is 928. The second-order valence-electron chi connectivity index (χ2n) is 5.63. The van der Waals surface area contributed by atoms with E-state index in [4.69, 9.17) is 9.47 Å². The molecule has 1 N–H and O–H groups in total. The third-order valence-electron chi connectivity index (χ3n) is 3.70. The van der Waals surface area contributed by atoms with E-state index in [1.807, 2.05) is 0 Å². The average molecular weight is 401 g/mol. The molecule has 0 aromatic heterocycles. The number of carbonyl (C=O) groups is 2. The van der Waals surface area contributed by atoms with Crippen LogP contribution in [-0.4, -0.2) is 43.8 Å². The van der Waals surface area contributed by atoms with Crippen molar-refractivity contribution in [3.05, 3.63) is 63.7 Å². The van der Waals surface area contributed by atoms with Crippen molar-refractivity contribution in [1.29, 1.82) is 0 Å². The number of ether oxygens (including phenoxy) is 3. The van der Waals surface area contributed by atoms with Crippen molar-refractivity contribution in [2.24, 2.45) is 5.10 Å². The lowest BCUT2D eigenvalue weighted by Crippen LogP contribution is -2.20. The van der Waals surface area contributed by atoms with Crippen LogP contribution >= 0.6 is 0 Å². The second-order valence-corrected chi connectivity index (χ2v) is 5.63. The number of benzene rings is 2. The average Bonchev–Trinajstić information content (AvgIpc) is 2.72. The van der Waals surface area contributed by atoms with Gasteiger partial charge >= 0.3 is 5.97 Å². The van der Waals surface area contributed by atoms with Gasteiger partial charge in [-0.1, -0.05) is 18.2 Å². The van der Waals surface area contributed by atoms with Crippen LogP contribution in [0, 0.1) is 10.1 Å². The summed E-state index contributed by atoms with van der Waals surface area (Å²) >= 11 is 0. The molecule has 0 heterocycles. The molecule has 0 bridgehead atoms. The monoisotopic (exact) mass is 401 g/mol. The van der Waals surface area contributed by atoms with Gasteiger partial charge in [-0.15, -0.1) is 0 Å². The van der Waals surface area contributed by atoms with Gasteiger partial charge in [0.15, 0.2) is 18.1 Å². The summed E-state index contributed by atoms with van der Waals surface area (Å²) < 4.78 is 15.0. The third kappa shape index (κ3) is 6.31. The van der Waals surface area contributed by atoms with Gasteiger partial charge in [0, 0.05) is 11.6 Å². The number of carbonyl (C=O) groups excluding carboxylic acids is 2. The lowest BCUT2D eigenvalue weighted by Gasteiger charge is -2.10. The van der Waals surface area contributed by atoms with Crippen LogP contribution in [0.3, 0.4) is 0 Å². The van der Waals surface area contributed by atoms with Gasteiger partial charge in [-0.05, 0) is 23.8 Å². The normalized spacial score (nSPS) is 10.4. The summed E-state index contributed by atoms with van der Waals surface area (Å²) in [7, 11) is 2.70. The van der Waals surface area contributed by atoms with Crippen molar-refractivity contribution >= 4 is 23.8 Å². The molecular weight excluding hydrogens is 382 g/mol. The van der Waals surface area contributed by atoms with E-state index < -0.39 is 16.8 Å². The molecule has 0 aliphatic carbocycles. The Morgan fingerprint density at radius 1 is 1.17 bits per heavy atom. The molecule has 0 aliphatic heterocycles. The van der Waals surface area contributed by atoms with E-state index in [1.54, 1.807) is 24.3 Å². The van der Waals surface area contributed by atoms with Crippen LogP contribution in [0.4, 0.5) is 5.69 Å². The Morgan fingerprint density at radius 2 is 1.93 bits per heavy atom. The van der Waals surface area contributed by atoms with Crippen molar-refractivity contribution in [1.82, 2.24) is 5.43 Å². The van der Waals surface area contributed by atoms with E-state index in [0.29, 0.717) is 22.6 Å². The zero-order valence-corrected chi connectivity index (χ0v) is 15.8. The SMILES string of the molecule is COC(=O)COc1ccc(C=NNC(=O)Cc2ccccc2[N+](=O)[O-])cc1OC. The number of esters is 1. The maximum Gasteiger partial charge on any atom is 0.343 e. The van der Waals surface area contributed by atoms with Crippen molar-refractivity contribution < 1.29 is 28.7 Å². The zero-order valence-electron chi connectivity index (χ0n) is 15.8. The van der Waals surface area contributed by atoms with E-state index in [2.05, 4.69) is 15.3 Å². The number of rotatable bonds is 9. The summed E-state index contributed by atoms with van der Waals surface area (Å²) in [4.78, 5) is 33.6. The van der Waals surface area contributed by atoms with Gasteiger partial charge in [0.2, 0.25) is 5.91 Å². The predicted octanol–water partition coefficient (Wildman–Crippen LogP) is 1.85. The number of para-hydroxylation sites is 1. The van der Waals surface area contributed by atoms with Crippen LogP contribution in [0.1, 0.15) is 11.1 Å². The molecule has 0 fully saturated rings. The Balaban J connectivity index is 1.98. The molecule has 152 valence electrons. The second kappa shape index (κ2) is 10.4. The van der Waals surface area contributed by atoms with Crippen molar-refractivity contribution in [2.45, 2.75) is 6.42 Å². The number of hydrogen-bond donors (Lipinski definition) is 1. The first-order chi connectivity index (χ1) is 13.9. The fraction of sp³-hybridized carbons (Fsp3) is 0.211. The molecule has 0 saturated carbocycles. The number of methoxy groups -OCH3 is 2. The lowest BCUT2D eigenvalue weighted by molar-refractivity contribution is -0.385. The number of nitro groups is 1. The van der Waals surface area contributed by atoms with E-state index >= 15 is 0 Å². The highest BCUT2D eigenvalue weighted by atomic mass is 16.6. The number of amides is 1. The van der Waals surface area contributed by atoms with E-state index in [-0.39, 0.29) is 18.7 Å². The summed E-state index contributed by atoms with van der Waals surface area (Å²) in [6.45, 7) is -0.262.